The van der Waals surface area contributed by atoms with Crippen molar-refractivity contribution in [1.82, 2.24) is 9.97 Å². The maximum absolute atomic E-state index is 11.5. The molecule has 0 bridgehead atoms. The van der Waals surface area contributed by atoms with E-state index in [1.54, 1.807) is 6.20 Å². The van der Waals surface area contributed by atoms with Gasteiger partial charge in [0.1, 0.15) is 12.0 Å². The zero-order chi connectivity index (χ0) is 18.9. The molecule has 0 spiro atoms. The second kappa shape index (κ2) is 7.24. The molecular weight excluding hydrogens is 348 g/mol. The largest absolute Gasteiger partial charge is 0.373 e. The summed E-state index contributed by atoms with van der Waals surface area (Å²) in [7, 11) is 0. The lowest BCUT2D eigenvalue weighted by atomic mass is 9.96. The number of pyridine rings is 2. The van der Waals surface area contributed by atoms with E-state index < -0.39 is 6.23 Å². The monoisotopic (exact) mass is 372 g/mol. The zero-order valence-electron chi connectivity index (χ0n) is 15.8. The number of nitrogens with one attached hydrogen (secondary N) is 1. The minimum atomic E-state index is -0.552. The van der Waals surface area contributed by atoms with E-state index in [1.807, 2.05) is 36.5 Å². The highest BCUT2D eigenvalue weighted by molar-refractivity contribution is 5.77. The Labute approximate surface area is 165 Å². The van der Waals surface area contributed by atoms with Crippen LogP contribution in [0.3, 0.4) is 0 Å². The van der Waals surface area contributed by atoms with Crippen LogP contribution in [0.4, 0.5) is 17.2 Å². The molecule has 3 heterocycles. The zero-order valence-corrected chi connectivity index (χ0v) is 15.8. The number of hydrogen-bond donors (Lipinski definition) is 2. The number of benzene rings is 1. The summed E-state index contributed by atoms with van der Waals surface area (Å²) in [5, 5.41) is 14.9. The number of aryl methyl sites for hydroxylation is 2. The molecule has 1 aliphatic carbocycles. The van der Waals surface area contributed by atoms with Crippen LogP contribution in [0.1, 0.15) is 29.7 Å². The molecule has 0 radical (unpaired) electrons. The summed E-state index contributed by atoms with van der Waals surface area (Å²) < 4.78 is 0. The molecule has 1 aliphatic heterocycles. The van der Waals surface area contributed by atoms with Gasteiger partial charge >= 0.3 is 0 Å². The molecule has 2 aliphatic rings. The molecule has 5 heteroatoms. The maximum Gasteiger partial charge on any atom is 0.135 e. The van der Waals surface area contributed by atoms with Crippen LogP contribution in [-0.4, -0.2) is 21.3 Å². The number of anilines is 3. The number of rotatable bonds is 2. The number of aromatic nitrogens is 2. The molecule has 1 aromatic carbocycles. The van der Waals surface area contributed by atoms with Crippen molar-refractivity contribution < 1.29 is 5.11 Å². The van der Waals surface area contributed by atoms with Crippen molar-refractivity contribution in [3.63, 3.8) is 0 Å². The smallest absolute Gasteiger partial charge is 0.135 e. The Morgan fingerprint density at radius 2 is 1.71 bits per heavy atom. The van der Waals surface area contributed by atoms with Crippen molar-refractivity contribution in [2.24, 2.45) is 5.92 Å². The first-order chi connectivity index (χ1) is 13.8. The lowest BCUT2D eigenvalue weighted by Gasteiger charge is -2.34. The average Bonchev–Trinajstić information content (AvgIpc) is 3.05. The number of para-hydroxylation sites is 2. The number of aliphatic hydroxyl groups is 1. The number of nitrogens with zero attached hydrogens (tertiary/aromatic N) is 3. The highest BCUT2D eigenvalue weighted by Crippen LogP contribution is 2.38. The van der Waals surface area contributed by atoms with Crippen LogP contribution in [0.5, 0.6) is 0 Å². The van der Waals surface area contributed by atoms with E-state index in [4.69, 9.17) is 0 Å². The lowest BCUT2D eigenvalue weighted by Crippen LogP contribution is -2.40. The summed E-state index contributed by atoms with van der Waals surface area (Å²) >= 11 is 0. The van der Waals surface area contributed by atoms with Crippen molar-refractivity contribution in [3.05, 3.63) is 77.7 Å². The third-order valence-corrected chi connectivity index (χ3v) is 5.96. The lowest BCUT2D eigenvalue weighted by molar-refractivity contribution is 0.0932. The van der Waals surface area contributed by atoms with Gasteiger partial charge in [-0.3, -0.25) is 4.98 Å². The van der Waals surface area contributed by atoms with E-state index in [0.29, 0.717) is 6.54 Å². The van der Waals surface area contributed by atoms with Crippen molar-refractivity contribution in [2.75, 3.05) is 10.2 Å². The van der Waals surface area contributed by atoms with Crippen molar-refractivity contribution in [1.29, 1.82) is 0 Å². The average molecular weight is 372 g/mol. The van der Waals surface area contributed by atoms with Crippen LogP contribution < -0.4 is 10.2 Å². The molecule has 5 rings (SSSR count). The SMILES string of the molecule is OC(C1CCc2cccnc2CC1)N1Cc2cccnc2Nc2ccccc21. The predicted octanol–water partition coefficient (Wildman–Crippen LogP) is 4.05. The third kappa shape index (κ3) is 3.12. The molecule has 2 aromatic heterocycles. The Kier molecular flexibility index (Phi) is 4.45. The van der Waals surface area contributed by atoms with Gasteiger partial charge in [-0.05, 0) is 55.5 Å². The molecule has 142 valence electrons. The van der Waals surface area contributed by atoms with Gasteiger partial charge in [0.15, 0.2) is 0 Å². The van der Waals surface area contributed by atoms with Gasteiger partial charge in [0.25, 0.3) is 0 Å². The van der Waals surface area contributed by atoms with Gasteiger partial charge in [-0.1, -0.05) is 24.3 Å². The fraction of sp³-hybridized carbons (Fsp3) is 0.304. The number of fused-ring (bicyclic) bond motifs is 3. The van der Waals surface area contributed by atoms with Gasteiger partial charge in [0, 0.05) is 36.1 Å². The highest BCUT2D eigenvalue weighted by Gasteiger charge is 2.31. The molecule has 2 unspecified atom stereocenters. The van der Waals surface area contributed by atoms with Gasteiger partial charge in [-0.2, -0.15) is 0 Å². The number of hydrogen-bond acceptors (Lipinski definition) is 5. The van der Waals surface area contributed by atoms with E-state index in [9.17, 15) is 5.11 Å². The normalized spacial score (nSPS) is 19.3. The Morgan fingerprint density at radius 3 is 2.64 bits per heavy atom. The van der Waals surface area contributed by atoms with E-state index in [1.165, 1.54) is 11.3 Å². The first-order valence-corrected chi connectivity index (χ1v) is 9.97. The topological polar surface area (TPSA) is 61.3 Å². The van der Waals surface area contributed by atoms with E-state index in [-0.39, 0.29) is 5.92 Å². The molecule has 0 saturated heterocycles. The summed E-state index contributed by atoms with van der Waals surface area (Å²) in [6.45, 7) is 0.635. The fourth-order valence-electron chi connectivity index (χ4n) is 4.42. The van der Waals surface area contributed by atoms with Crippen LogP contribution in [0.2, 0.25) is 0 Å². The summed E-state index contributed by atoms with van der Waals surface area (Å²) in [6, 6.07) is 16.4. The van der Waals surface area contributed by atoms with Crippen LogP contribution >= 0.6 is 0 Å². The van der Waals surface area contributed by atoms with E-state index in [2.05, 4.69) is 38.4 Å². The standard InChI is InChI=1S/C23H24N4O/c28-23(17-10-9-16-5-3-13-24-19(16)12-11-17)27-15-18-6-4-14-25-22(18)26-20-7-1-2-8-21(20)27/h1-8,13-14,17,23,28H,9-12,15H2,(H,25,26). The molecule has 0 saturated carbocycles. The predicted molar refractivity (Wildman–Crippen MR) is 111 cm³/mol. The highest BCUT2D eigenvalue weighted by atomic mass is 16.3. The first-order valence-electron chi connectivity index (χ1n) is 9.97. The second-order valence-electron chi connectivity index (χ2n) is 7.64. The van der Waals surface area contributed by atoms with Crippen LogP contribution in [0.25, 0.3) is 0 Å². The van der Waals surface area contributed by atoms with Crippen LogP contribution in [0, 0.1) is 5.92 Å². The molecule has 0 fully saturated rings. The molecular formula is C23H24N4O. The van der Waals surface area contributed by atoms with Gasteiger partial charge in [-0.25, -0.2) is 4.98 Å². The Morgan fingerprint density at radius 1 is 0.929 bits per heavy atom. The Hall–Kier alpha value is -2.92. The minimum Gasteiger partial charge on any atom is -0.373 e. The molecule has 0 amide bonds. The van der Waals surface area contributed by atoms with Crippen LogP contribution in [-0.2, 0) is 19.4 Å². The van der Waals surface area contributed by atoms with Crippen molar-refractivity contribution in [2.45, 2.75) is 38.5 Å². The molecule has 5 nitrogen and oxygen atoms in total. The summed E-state index contributed by atoms with van der Waals surface area (Å²) in [6.07, 6.45) is 6.92. The van der Waals surface area contributed by atoms with Gasteiger partial charge in [0.05, 0.1) is 11.4 Å². The summed E-state index contributed by atoms with van der Waals surface area (Å²) in [5.74, 6) is 1.06. The minimum absolute atomic E-state index is 0.195. The molecule has 2 atom stereocenters. The van der Waals surface area contributed by atoms with Gasteiger partial charge in [-0.15, -0.1) is 0 Å². The third-order valence-electron chi connectivity index (χ3n) is 5.96. The molecule has 2 N–H and O–H groups in total. The summed E-state index contributed by atoms with van der Waals surface area (Å²) in [5.41, 5.74) is 5.61. The fourth-order valence-corrected chi connectivity index (χ4v) is 4.42. The first kappa shape index (κ1) is 17.2. The van der Waals surface area contributed by atoms with Crippen LogP contribution in [0.15, 0.2) is 60.9 Å². The van der Waals surface area contributed by atoms with Gasteiger partial charge < -0.3 is 15.3 Å². The second-order valence-corrected chi connectivity index (χ2v) is 7.64. The Balaban J connectivity index is 1.46. The van der Waals surface area contributed by atoms with Crippen molar-refractivity contribution in [3.8, 4) is 0 Å². The molecule has 3 aromatic rings. The Bertz CT molecular complexity index is 963. The van der Waals surface area contributed by atoms with E-state index >= 15 is 0 Å². The summed E-state index contributed by atoms with van der Waals surface area (Å²) in [4.78, 5) is 11.2. The van der Waals surface area contributed by atoms with Crippen molar-refractivity contribution >= 4 is 17.2 Å². The van der Waals surface area contributed by atoms with Gasteiger partial charge in [0.2, 0.25) is 0 Å². The maximum atomic E-state index is 11.5. The number of aliphatic hydroxyl groups excluding tert-OH is 1. The van der Waals surface area contributed by atoms with E-state index in [0.717, 1.165) is 48.4 Å². The quantitative estimate of drug-likeness (QED) is 0.665. The molecule has 28 heavy (non-hydrogen) atoms.